The van der Waals surface area contributed by atoms with Crippen molar-refractivity contribution in [3.05, 3.63) is 58.1 Å². The number of nitro groups is 1. The molecule has 0 unspecified atom stereocenters. The summed E-state index contributed by atoms with van der Waals surface area (Å²) >= 11 is 0. The largest absolute Gasteiger partial charge is 0.457 e. The van der Waals surface area contributed by atoms with Crippen LogP contribution in [0.5, 0.6) is 11.5 Å². The molecule has 2 rings (SSSR count). The van der Waals surface area contributed by atoms with Gasteiger partial charge in [-0.25, -0.2) is 0 Å². The van der Waals surface area contributed by atoms with Crippen LogP contribution in [0.3, 0.4) is 0 Å². The summed E-state index contributed by atoms with van der Waals surface area (Å²) in [6.07, 6.45) is 2.15. The number of nitrogens with one attached hydrogen (secondary N) is 1. The molecular weight excluding hydrogens is 383 g/mol. The van der Waals surface area contributed by atoms with Gasteiger partial charge in [0.25, 0.3) is 5.69 Å². The molecule has 0 aliphatic carbocycles. The third-order valence-electron chi connectivity index (χ3n) is 3.56. The molecule has 0 aromatic heterocycles. The first-order chi connectivity index (χ1) is 13.4. The predicted molar refractivity (Wildman–Crippen MR) is 111 cm³/mol. The van der Waals surface area contributed by atoms with Crippen molar-refractivity contribution in [3.8, 4) is 11.5 Å². The van der Waals surface area contributed by atoms with Crippen LogP contribution in [-0.2, 0) is 20.0 Å². The maximum Gasteiger partial charge on any atom is 0.318 e. The van der Waals surface area contributed by atoms with Crippen LogP contribution in [0.1, 0.15) is 25.8 Å². The van der Waals surface area contributed by atoms with Gasteiger partial charge in [-0.3, -0.25) is 14.7 Å². The molecule has 154 valence electrons. The smallest absolute Gasteiger partial charge is 0.318 e. The van der Waals surface area contributed by atoms with Crippen LogP contribution < -0.4 is 10.1 Å². The van der Waals surface area contributed by atoms with Crippen molar-refractivity contribution in [2.75, 3.05) is 26.1 Å². The topological polar surface area (TPSA) is 99.9 Å². The van der Waals surface area contributed by atoms with Gasteiger partial charge in [0.15, 0.2) is 0 Å². The third kappa shape index (κ3) is 8.08. The minimum absolute atomic E-state index is 0.0486. The quantitative estimate of drug-likeness (QED) is 0.334. The molecule has 0 saturated carbocycles. The Morgan fingerprint density at radius 3 is 2.11 bits per heavy atom. The second-order valence-corrected chi connectivity index (χ2v) is 6.94. The highest BCUT2D eigenvalue weighted by atomic mass is 31.1. The van der Waals surface area contributed by atoms with Crippen molar-refractivity contribution < 1.29 is 23.3 Å². The maximum absolute atomic E-state index is 11.0. The highest BCUT2D eigenvalue weighted by Gasteiger charge is 2.14. The molecule has 28 heavy (non-hydrogen) atoms. The van der Waals surface area contributed by atoms with Crippen LogP contribution in [0.2, 0.25) is 0 Å². The van der Waals surface area contributed by atoms with Crippen molar-refractivity contribution in [2.45, 2.75) is 26.7 Å². The lowest BCUT2D eigenvalue weighted by molar-refractivity contribution is -0.384. The molecule has 0 heterocycles. The molecule has 0 atom stereocenters. The Balaban J connectivity index is 0.000000568. The Bertz CT molecular complexity index is 762. The molecule has 0 amide bonds. The molecule has 0 saturated heterocycles. The molecule has 0 radical (unpaired) electrons. The van der Waals surface area contributed by atoms with E-state index in [1.165, 1.54) is 25.8 Å². The number of ether oxygens (including phenoxy) is 1. The van der Waals surface area contributed by atoms with Gasteiger partial charge in [-0.05, 0) is 37.1 Å². The fourth-order valence-electron chi connectivity index (χ4n) is 2.30. The monoisotopic (exact) mass is 410 g/mol. The summed E-state index contributed by atoms with van der Waals surface area (Å²) in [7, 11) is 0.558. The van der Waals surface area contributed by atoms with E-state index in [0.717, 1.165) is 18.6 Å². The number of nitrogens with zero attached hydrogens (tertiary/aromatic N) is 1. The van der Waals surface area contributed by atoms with Crippen molar-refractivity contribution in [1.82, 2.24) is 0 Å². The van der Waals surface area contributed by atoms with Gasteiger partial charge < -0.3 is 19.1 Å². The van der Waals surface area contributed by atoms with Crippen LogP contribution in [0.4, 0.5) is 11.4 Å². The fourth-order valence-corrected chi connectivity index (χ4v) is 2.47. The average molecular weight is 410 g/mol. The maximum atomic E-state index is 11.0. The summed E-state index contributed by atoms with van der Waals surface area (Å²) in [4.78, 5) is 10.6. The Morgan fingerprint density at radius 2 is 1.64 bits per heavy atom. The van der Waals surface area contributed by atoms with Gasteiger partial charge in [0, 0.05) is 32.9 Å². The minimum Gasteiger partial charge on any atom is -0.457 e. The standard InChI is InChI=1S/C17H20N2O3.C2H7O3P/c1-3-5-13-6-8-14(9-7-13)22-15-10-11-17(19(20)21)16(12-15)18-4-2;1-4-6(3)5-2/h6-12,18H,3-5H2,1-2H3;6H,1-2H3. The van der Waals surface area contributed by atoms with E-state index in [1.807, 2.05) is 31.2 Å². The lowest BCUT2D eigenvalue weighted by Gasteiger charge is -2.09. The minimum atomic E-state index is -2.12. The predicted octanol–water partition coefficient (Wildman–Crippen LogP) is 5.44. The molecule has 0 bridgehead atoms. The van der Waals surface area contributed by atoms with Gasteiger partial charge in [0.2, 0.25) is 0 Å². The molecular formula is C19H27N2O6P. The van der Waals surface area contributed by atoms with Gasteiger partial charge in [-0.1, -0.05) is 25.5 Å². The van der Waals surface area contributed by atoms with Crippen LogP contribution in [0.25, 0.3) is 0 Å². The summed E-state index contributed by atoms with van der Waals surface area (Å²) in [6.45, 7) is 4.64. The highest BCUT2D eigenvalue weighted by molar-refractivity contribution is 7.33. The number of aryl methyl sites for hydroxylation is 1. The normalized spacial score (nSPS) is 10.2. The molecule has 1 N–H and O–H groups in total. The van der Waals surface area contributed by atoms with Gasteiger partial charge in [0.05, 0.1) is 4.92 Å². The third-order valence-corrected chi connectivity index (χ3v) is 4.23. The molecule has 2 aromatic rings. The van der Waals surface area contributed by atoms with Crippen LogP contribution in [-0.4, -0.2) is 25.7 Å². The zero-order valence-electron chi connectivity index (χ0n) is 16.6. The van der Waals surface area contributed by atoms with Gasteiger partial charge >= 0.3 is 8.25 Å². The fraction of sp³-hybridized carbons (Fsp3) is 0.368. The first kappa shape index (κ1) is 23.6. The Kier molecular flexibility index (Phi) is 10.9. The highest BCUT2D eigenvalue weighted by Crippen LogP contribution is 2.31. The lowest BCUT2D eigenvalue weighted by Crippen LogP contribution is -2.01. The molecule has 9 heteroatoms. The van der Waals surface area contributed by atoms with E-state index >= 15 is 0 Å². The van der Waals surface area contributed by atoms with E-state index in [1.54, 1.807) is 12.1 Å². The summed E-state index contributed by atoms with van der Waals surface area (Å²) in [5.41, 5.74) is 1.78. The summed E-state index contributed by atoms with van der Waals surface area (Å²) in [5, 5.41) is 14.0. The van der Waals surface area contributed by atoms with Gasteiger partial charge in [-0.15, -0.1) is 0 Å². The number of nitro benzene ring substituents is 1. The average Bonchev–Trinajstić information content (AvgIpc) is 2.70. The summed E-state index contributed by atoms with van der Waals surface area (Å²) < 4.78 is 24.1. The Labute approximate surface area is 165 Å². The van der Waals surface area contributed by atoms with Gasteiger partial charge in [0.1, 0.15) is 17.2 Å². The Hall–Kier alpha value is -2.41. The Morgan fingerprint density at radius 1 is 1.04 bits per heavy atom. The lowest BCUT2D eigenvalue weighted by atomic mass is 10.1. The molecule has 0 spiro atoms. The van der Waals surface area contributed by atoms with Crippen molar-refractivity contribution >= 4 is 19.6 Å². The first-order valence-corrected chi connectivity index (χ1v) is 10.1. The van der Waals surface area contributed by atoms with Crippen molar-refractivity contribution in [1.29, 1.82) is 0 Å². The van der Waals surface area contributed by atoms with Crippen LogP contribution >= 0.6 is 8.25 Å². The molecule has 0 aliphatic heterocycles. The zero-order chi connectivity index (χ0) is 20.9. The molecule has 2 aromatic carbocycles. The molecule has 0 fully saturated rings. The number of hydrogen-bond acceptors (Lipinski definition) is 7. The van der Waals surface area contributed by atoms with E-state index in [-0.39, 0.29) is 5.69 Å². The number of benzene rings is 2. The SMILES string of the molecule is CCCc1ccc(Oc2ccc([N+](=O)[O-])c(NCC)c2)cc1.CO[PH](=O)OC. The first-order valence-electron chi connectivity index (χ1n) is 8.86. The zero-order valence-corrected chi connectivity index (χ0v) is 17.6. The van der Waals surface area contributed by atoms with Crippen LogP contribution in [0.15, 0.2) is 42.5 Å². The van der Waals surface area contributed by atoms with E-state index in [0.29, 0.717) is 18.0 Å². The van der Waals surface area contributed by atoms with Gasteiger partial charge in [-0.2, -0.15) is 0 Å². The summed E-state index contributed by atoms with van der Waals surface area (Å²) in [6, 6.07) is 12.6. The molecule has 8 nitrogen and oxygen atoms in total. The second-order valence-electron chi connectivity index (χ2n) is 5.62. The number of rotatable bonds is 9. The summed E-state index contributed by atoms with van der Waals surface area (Å²) in [5.74, 6) is 1.29. The van der Waals surface area contributed by atoms with Crippen molar-refractivity contribution in [3.63, 3.8) is 0 Å². The van der Waals surface area contributed by atoms with E-state index in [9.17, 15) is 14.7 Å². The van der Waals surface area contributed by atoms with Crippen molar-refractivity contribution in [2.24, 2.45) is 0 Å². The molecule has 0 aliphatic rings. The van der Waals surface area contributed by atoms with Crippen LogP contribution in [0, 0.1) is 10.1 Å². The number of anilines is 1. The number of hydrogen-bond donors (Lipinski definition) is 1. The van der Waals surface area contributed by atoms with E-state index in [4.69, 9.17) is 4.74 Å². The second kappa shape index (κ2) is 12.9. The van der Waals surface area contributed by atoms with E-state index < -0.39 is 13.2 Å². The van der Waals surface area contributed by atoms with E-state index in [2.05, 4.69) is 21.3 Å².